The molecule has 102 valence electrons. The van der Waals surface area contributed by atoms with Crippen LogP contribution in [-0.2, 0) is 0 Å². The maximum Gasteiger partial charge on any atom is 0.263 e. The van der Waals surface area contributed by atoms with Crippen LogP contribution in [0, 0.1) is 0 Å². The van der Waals surface area contributed by atoms with Gasteiger partial charge in [0.25, 0.3) is 6.43 Å². The summed E-state index contributed by atoms with van der Waals surface area (Å²) in [6.07, 6.45) is -1.04. The second-order valence-corrected chi connectivity index (χ2v) is 6.47. The second kappa shape index (κ2) is 5.41. The number of aromatic nitrogens is 2. The molecule has 0 aliphatic heterocycles. The van der Waals surface area contributed by atoms with Gasteiger partial charge < -0.3 is 5.32 Å². The Morgan fingerprint density at radius 1 is 1.20 bits per heavy atom. The third-order valence-corrected chi connectivity index (χ3v) is 4.32. The molecule has 2 heterocycles. The smallest absolute Gasteiger partial charge is 0.263 e. The van der Waals surface area contributed by atoms with E-state index in [0.29, 0.717) is 11.5 Å². The quantitative estimate of drug-likeness (QED) is 0.707. The lowest BCUT2D eigenvalue weighted by Gasteiger charge is -2.07. The van der Waals surface area contributed by atoms with E-state index < -0.39 is 6.43 Å². The van der Waals surface area contributed by atoms with Crippen molar-refractivity contribution >= 4 is 49.0 Å². The van der Waals surface area contributed by atoms with Crippen LogP contribution in [0.3, 0.4) is 0 Å². The minimum absolute atomic E-state index is 0.0207. The van der Waals surface area contributed by atoms with Crippen LogP contribution >= 0.6 is 27.3 Å². The maximum absolute atomic E-state index is 12.7. The van der Waals surface area contributed by atoms with Crippen molar-refractivity contribution < 1.29 is 8.78 Å². The number of anilines is 2. The maximum atomic E-state index is 12.7. The van der Waals surface area contributed by atoms with E-state index in [-0.39, 0.29) is 5.56 Å². The van der Waals surface area contributed by atoms with Gasteiger partial charge in [-0.25, -0.2) is 18.7 Å². The van der Waals surface area contributed by atoms with Crippen LogP contribution in [0.15, 0.2) is 40.4 Å². The molecule has 3 nitrogen and oxygen atoms in total. The first-order chi connectivity index (χ1) is 9.63. The van der Waals surface area contributed by atoms with Crippen LogP contribution in [0.5, 0.6) is 0 Å². The Kier molecular flexibility index (Phi) is 3.62. The largest absolute Gasteiger partial charge is 0.339 e. The van der Waals surface area contributed by atoms with Gasteiger partial charge in [0.1, 0.15) is 6.33 Å². The summed E-state index contributed by atoms with van der Waals surface area (Å²) in [5, 5.41) is 3.06. The number of alkyl halides is 2. The van der Waals surface area contributed by atoms with Crippen molar-refractivity contribution in [2.45, 2.75) is 6.43 Å². The lowest BCUT2D eigenvalue weighted by atomic mass is 10.2. The molecule has 0 aliphatic rings. The summed E-state index contributed by atoms with van der Waals surface area (Å²) in [4.78, 5) is 8.33. The highest BCUT2D eigenvalue weighted by Crippen LogP contribution is 2.34. The first-order valence-corrected chi connectivity index (χ1v) is 7.29. The van der Waals surface area contributed by atoms with Gasteiger partial charge in [0.2, 0.25) is 0 Å². The number of benzene rings is 1. The Balaban J connectivity index is 1.99. The standard InChI is InChI=1S/C13H8BrF2N3S/c14-10-5-9-11(20-10)13(18-6-17-9)19-8-3-1-2-7(4-8)12(15)16/h1-6,12H,(H,17,18,19). The van der Waals surface area contributed by atoms with E-state index >= 15 is 0 Å². The summed E-state index contributed by atoms with van der Waals surface area (Å²) in [5.74, 6) is 0.608. The molecule has 1 aromatic carbocycles. The zero-order valence-electron chi connectivity index (χ0n) is 9.98. The number of fused-ring (bicyclic) bond motifs is 1. The number of rotatable bonds is 3. The first kappa shape index (κ1) is 13.4. The van der Waals surface area contributed by atoms with Gasteiger partial charge >= 0.3 is 0 Å². The van der Waals surface area contributed by atoms with Crippen molar-refractivity contribution in [1.82, 2.24) is 9.97 Å². The first-order valence-electron chi connectivity index (χ1n) is 5.68. The minimum Gasteiger partial charge on any atom is -0.339 e. The topological polar surface area (TPSA) is 37.8 Å². The van der Waals surface area contributed by atoms with Crippen molar-refractivity contribution in [2.24, 2.45) is 0 Å². The van der Waals surface area contributed by atoms with Gasteiger partial charge in [-0.3, -0.25) is 0 Å². The van der Waals surface area contributed by atoms with Gasteiger partial charge in [0.05, 0.1) is 14.0 Å². The summed E-state index contributed by atoms with van der Waals surface area (Å²) in [7, 11) is 0. The summed E-state index contributed by atoms with van der Waals surface area (Å²) in [5.41, 5.74) is 1.37. The van der Waals surface area contributed by atoms with Gasteiger partial charge in [-0.05, 0) is 34.1 Å². The minimum atomic E-state index is -2.49. The normalized spacial score (nSPS) is 11.2. The second-order valence-electron chi connectivity index (χ2n) is 4.04. The molecular weight excluding hydrogens is 348 g/mol. The molecule has 0 radical (unpaired) electrons. The van der Waals surface area contributed by atoms with Gasteiger partial charge in [-0.15, -0.1) is 11.3 Å². The molecule has 0 saturated carbocycles. The van der Waals surface area contributed by atoms with E-state index in [4.69, 9.17) is 0 Å². The fourth-order valence-electron chi connectivity index (χ4n) is 1.80. The zero-order chi connectivity index (χ0) is 14.1. The molecule has 0 atom stereocenters. The number of hydrogen-bond donors (Lipinski definition) is 1. The predicted molar refractivity (Wildman–Crippen MR) is 79.8 cm³/mol. The summed E-state index contributed by atoms with van der Waals surface area (Å²) in [6.45, 7) is 0. The predicted octanol–water partition coefficient (Wildman–Crippen LogP) is 5.14. The van der Waals surface area contributed by atoms with Crippen LogP contribution in [-0.4, -0.2) is 9.97 Å². The fourth-order valence-corrected chi connectivity index (χ4v) is 3.29. The van der Waals surface area contributed by atoms with Crippen molar-refractivity contribution in [3.63, 3.8) is 0 Å². The van der Waals surface area contributed by atoms with E-state index in [1.54, 1.807) is 12.1 Å². The highest BCUT2D eigenvalue weighted by Gasteiger charge is 2.10. The molecule has 2 aromatic heterocycles. The third kappa shape index (κ3) is 2.64. The monoisotopic (exact) mass is 355 g/mol. The average molecular weight is 356 g/mol. The molecule has 20 heavy (non-hydrogen) atoms. The van der Waals surface area contributed by atoms with Crippen LogP contribution in [0.2, 0.25) is 0 Å². The Morgan fingerprint density at radius 2 is 2.05 bits per heavy atom. The third-order valence-electron chi connectivity index (χ3n) is 2.68. The Morgan fingerprint density at radius 3 is 2.85 bits per heavy atom. The van der Waals surface area contributed by atoms with Gasteiger partial charge in [-0.2, -0.15) is 0 Å². The fraction of sp³-hybridized carbons (Fsp3) is 0.0769. The Labute approximate surface area is 125 Å². The van der Waals surface area contributed by atoms with E-state index in [1.165, 1.54) is 29.8 Å². The molecule has 1 N–H and O–H groups in total. The van der Waals surface area contributed by atoms with Crippen LogP contribution < -0.4 is 5.32 Å². The van der Waals surface area contributed by atoms with Crippen molar-refractivity contribution in [3.8, 4) is 0 Å². The molecule has 7 heteroatoms. The van der Waals surface area contributed by atoms with Crippen molar-refractivity contribution in [1.29, 1.82) is 0 Å². The van der Waals surface area contributed by atoms with E-state index in [0.717, 1.165) is 14.0 Å². The average Bonchev–Trinajstić information content (AvgIpc) is 2.80. The zero-order valence-corrected chi connectivity index (χ0v) is 12.4. The van der Waals surface area contributed by atoms with Crippen LogP contribution in [0.25, 0.3) is 10.2 Å². The van der Waals surface area contributed by atoms with Crippen molar-refractivity contribution in [3.05, 3.63) is 46.0 Å². The molecule has 0 saturated heterocycles. The number of nitrogens with zero attached hydrogens (tertiary/aromatic N) is 2. The van der Waals surface area contributed by atoms with Crippen LogP contribution in [0.1, 0.15) is 12.0 Å². The highest BCUT2D eigenvalue weighted by atomic mass is 79.9. The van der Waals surface area contributed by atoms with Gasteiger partial charge in [0.15, 0.2) is 5.82 Å². The van der Waals surface area contributed by atoms with E-state index in [2.05, 4.69) is 31.2 Å². The summed E-state index contributed by atoms with van der Waals surface area (Å²) < 4.78 is 27.2. The van der Waals surface area contributed by atoms with E-state index in [1.807, 2.05) is 6.07 Å². The van der Waals surface area contributed by atoms with E-state index in [9.17, 15) is 8.78 Å². The molecule has 3 rings (SSSR count). The number of hydrogen-bond acceptors (Lipinski definition) is 4. The lowest BCUT2D eigenvalue weighted by Crippen LogP contribution is -1.95. The molecule has 0 spiro atoms. The number of nitrogens with one attached hydrogen (secondary N) is 1. The van der Waals surface area contributed by atoms with Gasteiger partial charge in [0, 0.05) is 11.3 Å². The molecular formula is C13H8BrF2N3S. The number of thiophene rings is 1. The molecule has 0 fully saturated rings. The SMILES string of the molecule is FC(F)c1cccc(Nc2ncnc3cc(Br)sc23)c1. The molecule has 0 bridgehead atoms. The number of halogens is 3. The molecule has 3 aromatic rings. The highest BCUT2D eigenvalue weighted by molar-refractivity contribution is 9.11. The summed E-state index contributed by atoms with van der Waals surface area (Å²) >= 11 is 4.89. The summed E-state index contributed by atoms with van der Waals surface area (Å²) in [6, 6.07) is 8.02. The Bertz CT molecular complexity index is 760. The molecule has 0 aliphatic carbocycles. The van der Waals surface area contributed by atoms with Crippen molar-refractivity contribution in [2.75, 3.05) is 5.32 Å². The van der Waals surface area contributed by atoms with Crippen LogP contribution in [0.4, 0.5) is 20.3 Å². The Hall–Kier alpha value is -1.60. The lowest BCUT2D eigenvalue weighted by molar-refractivity contribution is 0.151. The van der Waals surface area contributed by atoms with Gasteiger partial charge in [-0.1, -0.05) is 12.1 Å². The molecule has 0 unspecified atom stereocenters. The molecule has 0 amide bonds.